The molecule has 0 radical (unpaired) electrons. The van der Waals surface area contributed by atoms with Crippen molar-refractivity contribution in [3.05, 3.63) is 60.1 Å². The average Bonchev–Trinajstić information content (AvgIpc) is 2.92. The van der Waals surface area contributed by atoms with E-state index in [1.807, 2.05) is 6.07 Å². The Labute approximate surface area is 105 Å². The number of carbonyl (C=O) groups is 2. The van der Waals surface area contributed by atoms with E-state index >= 15 is 0 Å². The summed E-state index contributed by atoms with van der Waals surface area (Å²) in [5, 5.41) is 2.65. The molecule has 1 heterocycles. The highest BCUT2D eigenvalue weighted by atomic mass is 16.3. The molecule has 4 nitrogen and oxygen atoms in total. The van der Waals surface area contributed by atoms with Gasteiger partial charge in [-0.3, -0.25) is 9.59 Å². The first kappa shape index (κ1) is 12.1. The maximum absolute atomic E-state index is 11.9. The summed E-state index contributed by atoms with van der Waals surface area (Å²) in [6.45, 7) is 1.65. The van der Waals surface area contributed by atoms with Gasteiger partial charge >= 0.3 is 0 Å². The van der Waals surface area contributed by atoms with Crippen LogP contribution in [0.5, 0.6) is 0 Å². The predicted octanol–water partition coefficient (Wildman–Crippen LogP) is 2.28. The van der Waals surface area contributed by atoms with Crippen molar-refractivity contribution in [1.82, 2.24) is 5.32 Å². The van der Waals surface area contributed by atoms with E-state index in [9.17, 15) is 9.59 Å². The van der Waals surface area contributed by atoms with Crippen LogP contribution in [0.4, 0.5) is 0 Å². The van der Waals surface area contributed by atoms with E-state index in [-0.39, 0.29) is 11.7 Å². The second-order valence-corrected chi connectivity index (χ2v) is 3.94. The number of rotatable bonds is 4. The number of amides is 1. The highest BCUT2D eigenvalue weighted by Crippen LogP contribution is 2.05. The molecule has 1 unspecified atom stereocenters. The molecule has 4 heteroatoms. The summed E-state index contributed by atoms with van der Waals surface area (Å²) in [5.41, 5.74) is 0.986. The van der Waals surface area contributed by atoms with E-state index in [1.165, 1.54) is 12.5 Å². The van der Waals surface area contributed by atoms with Crippen LogP contribution in [0, 0.1) is 0 Å². The molecule has 0 saturated carbocycles. The molecule has 1 aromatic carbocycles. The molecule has 1 aromatic heterocycles. The van der Waals surface area contributed by atoms with E-state index in [1.54, 1.807) is 37.3 Å². The second kappa shape index (κ2) is 5.31. The molecular formula is C14H13NO3. The second-order valence-electron chi connectivity index (χ2n) is 3.94. The van der Waals surface area contributed by atoms with Crippen LogP contribution in [0.25, 0.3) is 0 Å². The average molecular weight is 243 g/mol. The zero-order valence-electron chi connectivity index (χ0n) is 9.92. The van der Waals surface area contributed by atoms with Gasteiger partial charge < -0.3 is 9.73 Å². The van der Waals surface area contributed by atoms with Gasteiger partial charge in [-0.2, -0.15) is 0 Å². The summed E-state index contributed by atoms with van der Waals surface area (Å²) in [5.74, 6) is -0.437. The molecular weight excluding hydrogens is 230 g/mol. The van der Waals surface area contributed by atoms with Gasteiger partial charge in [0.1, 0.15) is 6.26 Å². The lowest BCUT2D eigenvalue weighted by Gasteiger charge is -2.11. The predicted molar refractivity (Wildman–Crippen MR) is 66.4 cm³/mol. The summed E-state index contributed by atoms with van der Waals surface area (Å²) >= 11 is 0. The van der Waals surface area contributed by atoms with Gasteiger partial charge in [-0.15, -0.1) is 0 Å². The van der Waals surface area contributed by atoms with Crippen LogP contribution in [0.2, 0.25) is 0 Å². The summed E-state index contributed by atoms with van der Waals surface area (Å²) in [6.07, 6.45) is 2.80. The van der Waals surface area contributed by atoms with Gasteiger partial charge in [0.15, 0.2) is 5.78 Å². The van der Waals surface area contributed by atoms with E-state index < -0.39 is 6.04 Å². The van der Waals surface area contributed by atoms with Gasteiger partial charge in [-0.1, -0.05) is 18.2 Å². The quantitative estimate of drug-likeness (QED) is 0.838. The number of nitrogens with one attached hydrogen (secondary N) is 1. The number of carbonyl (C=O) groups excluding carboxylic acids is 2. The van der Waals surface area contributed by atoms with Gasteiger partial charge in [0, 0.05) is 5.56 Å². The van der Waals surface area contributed by atoms with E-state index in [2.05, 4.69) is 5.32 Å². The molecule has 2 rings (SSSR count). The summed E-state index contributed by atoms with van der Waals surface area (Å²) in [4.78, 5) is 23.7. The minimum Gasteiger partial charge on any atom is -0.472 e. The largest absolute Gasteiger partial charge is 0.472 e. The Morgan fingerprint density at radius 3 is 2.44 bits per heavy atom. The highest BCUT2D eigenvalue weighted by Gasteiger charge is 2.18. The number of hydrogen-bond donors (Lipinski definition) is 1. The lowest BCUT2D eigenvalue weighted by molar-refractivity contribution is 0.0865. The summed E-state index contributed by atoms with van der Waals surface area (Å²) < 4.78 is 4.84. The van der Waals surface area contributed by atoms with Crippen molar-refractivity contribution in [1.29, 1.82) is 0 Å². The minimum atomic E-state index is -0.588. The standard InChI is InChI=1S/C14H13NO3/c1-10(13(16)12-7-8-18-9-12)15-14(17)11-5-3-2-4-6-11/h2-10H,1H3,(H,15,17). The first-order valence-corrected chi connectivity index (χ1v) is 5.61. The fourth-order valence-electron chi connectivity index (χ4n) is 1.59. The molecule has 0 fully saturated rings. The first-order chi connectivity index (χ1) is 8.68. The third-order valence-electron chi connectivity index (χ3n) is 2.58. The minimum absolute atomic E-state index is 0.173. The molecule has 1 N–H and O–H groups in total. The molecule has 0 aliphatic heterocycles. The van der Waals surface area contributed by atoms with Crippen LogP contribution < -0.4 is 5.32 Å². The van der Waals surface area contributed by atoms with Crippen LogP contribution in [-0.2, 0) is 0 Å². The van der Waals surface area contributed by atoms with Gasteiger partial charge in [0.05, 0.1) is 17.9 Å². The maximum Gasteiger partial charge on any atom is 0.251 e. The lowest BCUT2D eigenvalue weighted by atomic mass is 10.1. The molecule has 0 spiro atoms. The van der Waals surface area contributed by atoms with E-state index in [0.29, 0.717) is 11.1 Å². The zero-order valence-corrected chi connectivity index (χ0v) is 9.92. The fraction of sp³-hybridized carbons (Fsp3) is 0.143. The molecule has 18 heavy (non-hydrogen) atoms. The third kappa shape index (κ3) is 2.66. The Bertz CT molecular complexity index is 531. The normalized spacial score (nSPS) is 11.8. The molecule has 92 valence electrons. The van der Waals surface area contributed by atoms with Crippen molar-refractivity contribution in [3.63, 3.8) is 0 Å². The molecule has 0 bridgehead atoms. The fourth-order valence-corrected chi connectivity index (χ4v) is 1.59. The molecule has 1 atom stereocenters. The van der Waals surface area contributed by atoms with E-state index in [4.69, 9.17) is 4.42 Å². The third-order valence-corrected chi connectivity index (χ3v) is 2.58. The van der Waals surface area contributed by atoms with Gasteiger partial charge in [-0.25, -0.2) is 0 Å². The Morgan fingerprint density at radius 1 is 1.11 bits per heavy atom. The maximum atomic E-state index is 11.9. The molecule has 0 aliphatic rings. The van der Waals surface area contributed by atoms with Crippen molar-refractivity contribution >= 4 is 11.7 Å². The van der Waals surface area contributed by atoms with Crippen LogP contribution in [-0.4, -0.2) is 17.7 Å². The molecule has 0 aliphatic carbocycles. The number of hydrogen-bond acceptors (Lipinski definition) is 3. The smallest absolute Gasteiger partial charge is 0.251 e. The van der Waals surface area contributed by atoms with Crippen LogP contribution in [0.1, 0.15) is 27.6 Å². The molecule has 0 saturated heterocycles. The first-order valence-electron chi connectivity index (χ1n) is 5.61. The van der Waals surface area contributed by atoms with Crippen molar-refractivity contribution in [2.24, 2.45) is 0 Å². The lowest BCUT2D eigenvalue weighted by Crippen LogP contribution is -2.38. The summed E-state index contributed by atoms with van der Waals surface area (Å²) in [6, 6.07) is 9.77. The van der Waals surface area contributed by atoms with Crippen LogP contribution in [0.15, 0.2) is 53.3 Å². The van der Waals surface area contributed by atoms with Crippen molar-refractivity contribution in [3.8, 4) is 0 Å². The number of ketones is 1. The Kier molecular flexibility index (Phi) is 3.57. The SMILES string of the molecule is CC(NC(=O)c1ccccc1)C(=O)c1ccoc1. The Balaban J connectivity index is 2.02. The zero-order chi connectivity index (χ0) is 13.0. The number of benzene rings is 1. The highest BCUT2D eigenvalue weighted by molar-refractivity contribution is 6.03. The van der Waals surface area contributed by atoms with E-state index in [0.717, 1.165) is 0 Å². The van der Waals surface area contributed by atoms with Crippen molar-refractivity contribution in [2.75, 3.05) is 0 Å². The Hall–Kier alpha value is -2.36. The number of furan rings is 1. The topological polar surface area (TPSA) is 59.3 Å². The van der Waals surface area contributed by atoms with Crippen molar-refractivity contribution < 1.29 is 14.0 Å². The van der Waals surface area contributed by atoms with Gasteiger partial charge in [0.2, 0.25) is 0 Å². The number of Topliss-reactive ketones (excluding diaryl/α,β-unsaturated/α-hetero) is 1. The van der Waals surface area contributed by atoms with Crippen LogP contribution >= 0.6 is 0 Å². The van der Waals surface area contributed by atoms with Gasteiger partial charge in [0.25, 0.3) is 5.91 Å². The van der Waals surface area contributed by atoms with Gasteiger partial charge in [-0.05, 0) is 25.1 Å². The monoisotopic (exact) mass is 243 g/mol. The molecule has 1 amide bonds. The van der Waals surface area contributed by atoms with Crippen molar-refractivity contribution in [2.45, 2.75) is 13.0 Å². The Morgan fingerprint density at radius 2 is 1.83 bits per heavy atom. The summed E-state index contributed by atoms with van der Waals surface area (Å²) in [7, 11) is 0. The molecule has 2 aromatic rings. The van der Waals surface area contributed by atoms with Crippen LogP contribution in [0.3, 0.4) is 0 Å².